The molecule has 0 bridgehead atoms. The molecule has 0 spiro atoms. The predicted octanol–water partition coefficient (Wildman–Crippen LogP) is 6.26. The Hall–Kier alpha value is -1.90. The summed E-state index contributed by atoms with van der Waals surface area (Å²) in [6, 6.07) is 0. The molecule has 0 radical (unpaired) electrons. The Kier molecular flexibility index (Phi) is 18.0. The van der Waals surface area contributed by atoms with E-state index in [1.54, 1.807) is 0 Å². The summed E-state index contributed by atoms with van der Waals surface area (Å²) in [6.45, 7) is 2.23. The Labute approximate surface area is 159 Å². The lowest BCUT2D eigenvalue weighted by Crippen LogP contribution is -2.08. The zero-order chi connectivity index (χ0) is 19.3. The lowest BCUT2D eigenvalue weighted by atomic mass is 10.1. The predicted molar refractivity (Wildman–Crippen MR) is 110 cm³/mol. The summed E-state index contributed by atoms with van der Waals surface area (Å²) in [6.07, 6.45) is 27.5. The molecule has 26 heavy (non-hydrogen) atoms. The van der Waals surface area contributed by atoms with Crippen molar-refractivity contribution in [2.24, 2.45) is 0 Å². The van der Waals surface area contributed by atoms with E-state index in [-0.39, 0.29) is 12.2 Å². The minimum Gasteiger partial charge on any atom is -0.469 e. The minimum absolute atomic E-state index is 0.0484. The Bertz CT molecular complexity index is 470. The van der Waals surface area contributed by atoms with Gasteiger partial charge in [-0.15, -0.1) is 0 Å². The molecule has 0 aliphatic heterocycles. The average molecular weight is 361 g/mol. The molecule has 0 saturated heterocycles. The van der Waals surface area contributed by atoms with E-state index in [4.69, 9.17) is 0 Å². The number of hydrogen-bond acceptors (Lipinski definition) is 3. The molecule has 0 aliphatic carbocycles. The van der Waals surface area contributed by atoms with Crippen molar-refractivity contribution >= 4 is 11.8 Å². The van der Waals surface area contributed by atoms with Crippen LogP contribution in [-0.4, -0.2) is 18.9 Å². The maximum Gasteiger partial charge on any atom is 0.313 e. The highest BCUT2D eigenvalue weighted by atomic mass is 16.5. The van der Waals surface area contributed by atoms with E-state index in [2.05, 4.69) is 60.3 Å². The molecule has 0 atom stereocenters. The van der Waals surface area contributed by atoms with E-state index in [1.165, 1.54) is 32.8 Å². The largest absolute Gasteiger partial charge is 0.469 e. The molecule has 3 nitrogen and oxygen atoms in total. The number of hydrogen-bond donors (Lipinski definition) is 0. The highest BCUT2D eigenvalue weighted by molar-refractivity contribution is 5.95. The molecule has 0 aromatic heterocycles. The van der Waals surface area contributed by atoms with Gasteiger partial charge < -0.3 is 4.74 Å². The molecule has 0 amide bonds. The molecular formula is C23H36O3. The van der Waals surface area contributed by atoms with Gasteiger partial charge in [-0.1, -0.05) is 68.4 Å². The summed E-state index contributed by atoms with van der Waals surface area (Å²) >= 11 is 0. The SMILES string of the molecule is CCCCC/C=C\C/C=C\C/C=C\C/C=C\CCCC(=O)CC(=O)OC. The van der Waals surface area contributed by atoms with Gasteiger partial charge in [-0.3, -0.25) is 9.59 Å². The van der Waals surface area contributed by atoms with Gasteiger partial charge in [-0.2, -0.15) is 0 Å². The van der Waals surface area contributed by atoms with Gasteiger partial charge in [-0.25, -0.2) is 0 Å². The first-order chi connectivity index (χ1) is 12.7. The fraction of sp³-hybridized carbons (Fsp3) is 0.565. The second kappa shape index (κ2) is 19.4. The van der Waals surface area contributed by atoms with Gasteiger partial charge in [0.05, 0.1) is 7.11 Å². The van der Waals surface area contributed by atoms with E-state index in [9.17, 15) is 9.59 Å². The molecule has 0 N–H and O–H groups in total. The van der Waals surface area contributed by atoms with Crippen molar-refractivity contribution in [1.29, 1.82) is 0 Å². The van der Waals surface area contributed by atoms with Gasteiger partial charge >= 0.3 is 5.97 Å². The van der Waals surface area contributed by atoms with E-state index >= 15 is 0 Å². The molecule has 146 valence electrons. The average Bonchev–Trinajstić information content (AvgIpc) is 2.64. The van der Waals surface area contributed by atoms with E-state index in [0.717, 1.165) is 32.1 Å². The van der Waals surface area contributed by atoms with Gasteiger partial charge in [0.15, 0.2) is 0 Å². The van der Waals surface area contributed by atoms with Crippen LogP contribution in [0.3, 0.4) is 0 Å². The molecule has 0 rings (SSSR count). The van der Waals surface area contributed by atoms with Crippen LogP contribution in [0.2, 0.25) is 0 Å². The number of esters is 1. The van der Waals surface area contributed by atoms with E-state index in [0.29, 0.717) is 6.42 Å². The fourth-order valence-corrected chi connectivity index (χ4v) is 2.30. The second-order valence-corrected chi connectivity index (χ2v) is 6.27. The summed E-state index contributed by atoms with van der Waals surface area (Å²) in [7, 11) is 1.30. The van der Waals surface area contributed by atoms with Crippen LogP contribution in [-0.2, 0) is 14.3 Å². The highest BCUT2D eigenvalue weighted by Crippen LogP contribution is 2.03. The third kappa shape index (κ3) is 18.4. The normalized spacial score (nSPS) is 12.1. The first kappa shape index (κ1) is 24.1. The van der Waals surface area contributed by atoms with Gasteiger partial charge in [-0.05, 0) is 44.9 Å². The molecule has 0 saturated carbocycles. The van der Waals surface area contributed by atoms with Gasteiger partial charge in [0.2, 0.25) is 0 Å². The number of ketones is 1. The van der Waals surface area contributed by atoms with Crippen LogP contribution in [0.4, 0.5) is 0 Å². The van der Waals surface area contributed by atoms with Crippen molar-refractivity contribution in [2.45, 2.75) is 77.6 Å². The molecule has 3 heteroatoms. The summed E-state index contributed by atoms with van der Waals surface area (Å²) in [5.74, 6) is -0.500. The van der Waals surface area contributed by atoms with Crippen LogP contribution in [0, 0.1) is 0 Å². The first-order valence-corrected chi connectivity index (χ1v) is 9.89. The Balaban J connectivity index is 3.51. The van der Waals surface area contributed by atoms with Gasteiger partial charge in [0.25, 0.3) is 0 Å². The van der Waals surface area contributed by atoms with Crippen LogP contribution in [0.1, 0.15) is 77.6 Å². The lowest BCUT2D eigenvalue weighted by Gasteiger charge is -1.97. The molecular weight excluding hydrogens is 324 g/mol. The molecule has 0 aromatic rings. The van der Waals surface area contributed by atoms with Crippen molar-refractivity contribution in [1.82, 2.24) is 0 Å². The third-order valence-corrected chi connectivity index (χ3v) is 3.85. The minimum atomic E-state index is -0.451. The number of allylic oxidation sites excluding steroid dienone is 8. The summed E-state index contributed by atoms with van der Waals surface area (Å²) in [5.41, 5.74) is 0. The molecule has 0 fully saturated rings. The van der Waals surface area contributed by atoms with Gasteiger partial charge in [0.1, 0.15) is 12.2 Å². The van der Waals surface area contributed by atoms with Crippen molar-refractivity contribution in [3.05, 3.63) is 48.6 Å². The van der Waals surface area contributed by atoms with Crippen molar-refractivity contribution in [3.63, 3.8) is 0 Å². The zero-order valence-corrected chi connectivity index (χ0v) is 16.6. The van der Waals surface area contributed by atoms with E-state index in [1.807, 2.05) is 0 Å². The van der Waals surface area contributed by atoms with E-state index < -0.39 is 5.97 Å². The quantitative estimate of drug-likeness (QED) is 0.141. The third-order valence-electron chi connectivity index (χ3n) is 3.85. The smallest absolute Gasteiger partial charge is 0.313 e. The van der Waals surface area contributed by atoms with Crippen molar-refractivity contribution in [2.75, 3.05) is 7.11 Å². The Morgan fingerprint density at radius 3 is 1.73 bits per heavy atom. The maximum absolute atomic E-state index is 11.4. The zero-order valence-electron chi connectivity index (χ0n) is 16.6. The molecule has 0 unspecified atom stereocenters. The lowest BCUT2D eigenvalue weighted by molar-refractivity contribution is -0.143. The number of rotatable bonds is 16. The second-order valence-electron chi connectivity index (χ2n) is 6.27. The number of carbonyl (C=O) groups excluding carboxylic acids is 2. The maximum atomic E-state index is 11.4. The number of carbonyl (C=O) groups is 2. The number of methoxy groups -OCH3 is 1. The number of unbranched alkanes of at least 4 members (excludes halogenated alkanes) is 4. The van der Waals surface area contributed by atoms with Gasteiger partial charge in [0, 0.05) is 6.42 Å². The summed E-state index contributed by atoms with van der Waals surface area (Å²) < 4.78 is 4.47. The Morgan fingerprint density at radius 1 is 0.731 bits per heavy atom. The standard InChI is InChI=1S/C23H36O3/c1-3-4-5-6-7-8-9-10-11-12-13-14-15-16-17-18-19-20-22(24)21-23(25)26-2/h7-8,10-11,13-14,16-17H,3-6,9,12,15,18-21H2,1-2H3/b8-7-,11-10-,14-13-,17-16-. The van der Waals surface area contributed by atoms with Crippen LogP contribution < -0.4 is 0 Å². The van der Waals surface area contributed by atoms with Crippen LogP contribution >= 0.6 is 0 Å². The molecule has 0 aromatic carbocycles. The summed E-state index contributed by atoms with van der Waals surface area (Å²) in [4.78, 5) is 22.4. The number of Topliss-reactive ketones (excluding diaryl/α,β-unsaturated/α-hetero) is 1. The van der Waals surface area contributed by atoms with Crippen molar-refractivity contribution in [3.8, 4) is 0 Å². The first-order valence-electron chi connectivity index (χ1n) is 9.89. The monoisotopic (exact) mass is 360 g/mol. The molecule has 0 aliphatic rings. The Morgan fingerprint density at radius 2 is 1.23 bits per heavy atom. The van der Waals surface area contributed by atoms with Crippen LogP contribution in [0.5, 0.6) is 0 Å². The topological polar surface area (TPSA) is 43.4 Å². The molecule has 0 heterocycles. The summed E-state index contributed by atoms with van der Waals surface area (Å²) in [5, 5.41) is 0. The van der Waals surface area contributed by atoms with Crippen LogP contribution in [0.15, 0.2) is 48.6 Å². The number of ether oxygens (including phenoxy) is 1. The fourth-order valence-electron chi connectivity index (χ4n) is 2.30. The highest BCUT2D eigenvalue weighted by Gasteiger charge is 2.07. The van der Waals surface area contributed by atoms with Crippen LogP contribution in [0.25, 0.3) is 0 Å². The van der Waals surface area contributed by atoms with Crippen molar-refractivity contribution < 1.29 is 14.3 Å².